The van der Waals surface area contributed by atoms with Crippen LogP contribution in [0.5, 0.6) is 0 Å². The Morgan fingerprint density at radius 2 is 2.00 bits per heavy atom. The standard InChI is InChI=1S/C14H23NO3/c16-14(17)5-9-1-3-12(4-2-9)18-13-7-11-6-10(13)8-15-11/h9-13,15H,1-8H2,(H,16,17). The molecule has 2 bridgehead atoms. The molecule has 0 spiro atoms. The molecule has 18 heavy (non-hydrogen) atoms. The van der Waals surface area contributed by atoms with Crippen LogP contribution in [-0.4, -0.2) is 35.9 Å². The van der Waals surface area contributed by atoms with Gasteiger partial charge in [0.25, 0.3) is 0 Å². The Kier molecular flexibility index (Phi) is 3.57. The number of hydrogen-bond acceptors (Lipinski definition) is 3. The summed E-state index contributed by atoms with van der Waals surface area (Å²) >= 11 is 0. The molecular weight excluding hydrogens is 230 g/mol. The first-order valence-electron chi connectivity index (χ1n) is 7.31. The van der Waals surface area contributed by atoms with E-state index in [0.29, 0.717) is 30.6 Å². The van der Waals surface area contributed by atoms with Gasteiger partial charge in [-0.3, -0.25) is 4.79 Å². The Morgan fingerprint density at radius 1 is 1.22 bits per heavy atom. The predicted octanol–water partition coefficient (Wildman–Crippen LogP) is 1.79. The molecule has 2 aliphatic carbocycles. The van der Waals surface area contributed by atoms with Crippen molar-refractivity contribution in [2.75, 3.05) is 6.54 Å². The molecule has 4 nitrogen and oxygen atoms in total. The number of fused-ring (bicyclic) bond motifs is 2. The van der Waals surface area contributed by atoms with Crippen LogP contribution in [0, 0.1) is 11.8 Å². The summed E-state index contributed by atoms with van der Waals surface area (Å²) in [5, 5.41) is 12.3. The summed E-state index contributed by atoms with van der Waals surface area (Å²) in [5.74, 6) is 0.453. The Morgan fingerprint density at radius 3 is 2.56 bits per heavy atom. The molecule has 3 atom stereocenters. The topological polar surface area (TPSA) is 58.6 Å². The number of rotatable bonds is 4. The van der Waals surface area contributed by atoms with Crippen LogP contribution >= 0.6 is 0 Å². The summed E-state index contributed by atoms with van der Waals surface area (Å²) in [6.45, 7) is 1.13. The average molecular weight is 253 g/mol. The van der Waals surface area contributed by atoms with Gasteiger partial charge < -0.3 is 15.2 Å². The van der Waals surface area contributed by atoms with Gasteiger partial charge >= 0.3 is 5.97 Å². The highest BCUT2D eigenvalue weighted by Crippen LogP contribution is 2.37. The number of ether oxygens (including phenoxy) is 1. The summed E-state index contributed by atoms with van der Waals surface area (Å²) in [5.41, 5.74) is 0. The lowest BCUT2D eigenvalue weighted by Crippen LogP contribution is -2.37. The zero-order valence-electron chi connectivity index (χ0n) is 10.8. The van der Waals surface area contributed by atoms with E-state index in [1.54, 1.807) is 0 Å². The Hall–Kier alpha value is -0.610. The molecule has 1 heterocycles. The van der Waals surface area contributed by atoms with Gasteiger partial charge in [0.05, 0.1) is 12.2 Å². The Balaban J connectivity index is 1.42. The van der Waals surface area contributed by atoms with E-state index >= 15 is 0 Å². The normalized spacial score (nSPS) is 43.2. The number of carboxylic acid groups (broad SMARTS) is 1. The monoisotopic (exact) mass is 253 g/mol. The van der Waals surface area contributed by atoms with E-state index in [4.69, 9.17) is 9.84 Å². The molecule has 3 rings (SSSR count). The zero-order chi connectivity index (χ0) is 12.5. The highest BCUT2D eigenvalue weighted by molar-refractivity contribution is 5.67. The maximum absolute atomic E-state index is 10.7. The first-order chi connectivity index (χ1) is 8.70. The van der Waals surface area contributed by atoms with Gasteiger partial charge in [-0.1, -0.05) is 0 Å². The third-order valence-corrected chi connectivity index (χ3v) is 4.92. The van der Waals surface area contributed by atoms with Crippen molar-refractivity contribution in [3.63, 3.8) is 0 Å². The number of aliphatic carboxylic acids is 1. The van der Waals surface area contributed by atoms with Crippen LogP contribution in [-0.2, 0) is 9.53 Å². The smallest absolute Gasteiger partial charge is 0.303 e. The van der Waals surface area contributed by atoms with Crippen molar-refractivity contribution in [1.29, 1.82) is 0 Å². The van der Waals surface area contributed by atoms with Gasteiger partial charge in [-0.15, -0.1) is 0 Å². The van der Waals surface area contributed by atoms with Gasteiger partial charge in [0.1, 0.15) is 0 Å². The van der Waals surface area contributed by atoms with Crippen LogP contribution < -0.4 is 5.32 Å². The highest BCUT2D eigenvalue weighted by atomic mass is 16.5. The quantitative estimate of drug-likeness (QED) is 0.802. The fourth-order valence-corrected chi connectivity index (χ4v) is 3.92. The van der Waals surface area contributed by atoms with Crippen molar-refractivity contribution in [3.05, 3.63) is 0 Å². The second kappa shape index (κ2) is 5.17. The van der Waals surface area contributed by atoms with Gasteiger partial charge in [0.2, 0.25) is 0 Å². The van der Waals surface area contributed by atoms with Crippen molar-refractivity contribution in [3.8, 4) is 0 Å². The van der Waals surface area contributed by atoms with E-state index < -0.39 is 5.97 Å². The lowest BCUT2D eigenvalue weighted by atomic mass is 9.85. The minimum absolute atomic E-state index is 0.338. The maximum Gasteiger partial charge on any atom is 0.303 e. The van der Waals surface area contributed by atoms with Crippen molar-refractivity contribution in [2.45, 2.75) is 63.2 Å². The third-order valence-electron chi connectivity index (χ3n) is 4.92. The molecule has 1 aliphatic heterocycles. The fraction of sp³-hybridized carbons (Fsp3) is 0.929. The van der Waals surface area contributed by atoms with Crippen LogP contribution in [0.25, 0.3) is 0 Å². The molecule has 0 radical (unpaired) electrons. The van der Waals surface area contributed by atoms with Crippen LogP contribution in [0.3, 0.4) is 0 Å². The predicted molar refractivity (Wildman–Crippen MR) is 67.4 cm³/mol. The van der Waals surface area contributed by atoms with Crippen LogP contribution in [0.1, 0.15) is 44.9 Å². The molecule has 1 saturated heterocycles. The second-order valence-electron chi connectivity index (χ2n) is 6.25. The Bertz CT molecular complexity index is 312. The molecule has 2 saturated carbocycles. The highest BCUT2D eigenvalue weighted by Gasteiger charge is 2.41. The van der Waals surface area contributed by atoms with Crippen LogP contribution in [0.15, 0.2) is 0 Å². The largest absolute Gasteiger partial charge is 0.481 e. The van der Waals surface area contributed by atoms with E-state index in [1.165, 1.54) is 12.8 Å². The number of carbonyl (C=O) groups is 1. The van der Waals surface area contributed by atoms with Crippen molar-refractivity contribution in [1.82, 2.24) is 5.32 Å². The van der Waals surface area contributed by atoms with Gasteiger partial charge in [-0.25, -0.2) is 0 Å². The summed E-state index contributed by atoms with van der Waals surface area (Å²) in [4.78, 5) is 10.7. The number of hydrogen-bond donors (Lipinski definition) is 2. The number of nitrogens with one attached hydrogen (secondary N) is 1. The van der Waals surface area contributed by atoms with Crippen molar-refractivity contribution < 1.29 is 14.6 Å². The lowest BCUT2D eigenvalue weighted by molar-refractivity contribution is -0.138. The lowest BCUT2D eigenvalue weighted by Gasteiger charge is -2.32. The fourth-order valence-electron chi connectivity index (χ4n) is 3.92. The molecule has 4 heteroatoms. The molecule has 3 unspecified atom stereocenters. The number of piperidine rings is 1. The molecule has 0 aromatic heterocycles. The molecule has 0 amide bonds. The molecule has 0 aromatic rings. The van der Waals surface area contributed by atoms with Gasteiger partial charge in [-0.05, 0) is 50.4 Å². The Labute approximate surface area is 108 Å². The third kappa shape index (κ3) is 2.69. The van der Waals surface area contributed by atoms with Crippen LogP contribution in [0.2, 0.25) is 0 Å². The van der Waals surface area contributed by atoms with E-state index in [0.717, 1.165) is 38.1 Å². The van der Waals surface area contributed by atoms with Gasteiger partial charge in [-0.2, -0.15) is 0 Å². The summed E-state index contributed by atoms with van der Waals surface area (Å²) in [6.07, 6.45) is 7.82. The molecule has 2 N–H and O–H groups in total. The van der Waals surface area contributed by atoms with Crippen LogP contribution in [0.4, 0.5) is 0 Å². The van der Waals surface area contributed by atoms with Gasteiger partial charge in [0.15, 0.2) is 0 Å². The summed E-state index contributed by atoms with van der Waals surface area (Å²) in [7, 11) is 0. The van der Waals surface area contributed by atoms with Crippen molar-refractivity contribution in [2.24, 2.45) is 11.8 Å². The molecule has 3 fully saturated rings. The minimum Gasteiger partial charge on any atom is -0.481 e. The molecule has 3 aliphatic rings. The first-order valence-corrected chi connectivity index (χ1v) is 7.31. The molecular formula is C14H23NO3. The van der Waals surface area contributed by atoms with E-state index in [-0.39, 0.29) is 0 Å². The summed E-state index contributed by atoms with van der Waals surface area (Å²) in [6, 6.07) is 0.698. The minimum atomic E-state index is -0.654. The zero-order valence-corrected chi connectivity index (χ0v) is 10.8. The van der Waals surface area contributed by atoms with E-state index in [2.05, 4.69) is 5.32 Å². The SMILES string of the molecule is O=C(O)CC1CCC(OC2CC3CC2CN3)CC1. The molecule has 102 valence electrons. The van der Waals surface area contributed by atoms with E-state index in [1.807, 2.05) is 0 Å². The molecule has 0 aromatic carbocycles. The second-order valence-corrected chi connectivity index (χ2v) is 6.25. The maximum atomic E-state index is 10.7. The summed E-state index contributed by atoms with van der Waals surface area (Å²) < 4.78 is 6.25. The average Bonchev–Trinajstić information content (AvgIpc) is 2.93. The number of carboxylic acids is 1. The first kappa shape index (κ1) is 12.4. The van der Waals surface area contributed by atoms with Crippen molar-refractivity contribution >= 4 is 5.97 Å². The van der Waals surface area contributed by atoms with E-state index in [9.17, 15) is 4.79 Å². The van der Waals surface area contributed by atoms with Gasteiger partial charge in [0, 0.05) is 19.0 Å².